The number of rotatable bonds is 4. The molecule has 170 valence electrons. The van der Waals surface area contributed by atoms with Crippen LogP contribution >= 0.6 is 0 Å². The number of nitrogens with two attached hydrogens (primary N) is 1. The largest absolute Gasteiger partial charge is 0.459 e. The van der Waals surface area contributed by atoms with Crippen LogP contribution in [-0.2, 0) is 14.1 Å². The maximum atomic E-state index is 11.7. The first-order valence-electron chi connectivity index (χ1n) is 9.19. The van der Waals surface area contributed by atoms with Gasteiger partial charge in [-0.25, -0.2) is 18.4 Å². The molecule has 0 aliphatic heterocycles. The monoisotopic (exact) mass is 446 g/mol. The van der Waals surface area contributed by atoms with Crippen molar-refractivity contribution in [2.45, 2.75) is 26.3 Å². The van der Waals surface area contributed by atoms with E-state index in [1.165, 1.54) is 42.0 Å². The fourth-order valence-corrected chi connectivity index (χ4v) is 2.22. The zero-order valence-electron chi connectivity index (χ0n) is 18.1. The number of imidazole rings is 2. The number of aliphatic imine (C=N–C) groups is 1. The van der Waals surface area contributed by atoms with Crippen LogP contribution in [0.3, 0.4) is 0 Å². The van der Waals surface area contributed by atoms with E-state index in [0.717, 1.165) is 9.36 Å². The Hall–Kier alpha value is -4.21. The average molecular weight is 446 g/mol. The van der Waals surface area contributed by atoms with Crippen LogP contribution < -0.4 is 26.6 Å². The van der Waals surface area contributed by atoms with Crippen molar-refractivity contribution in [3.05, 3.63) is 33.6 Å². The lowest BCUT2D eigenvalue weighted by Crippen LogP contribution is -2.27. The molecule has 0 amide bonds. The molecule has 0 aromatic carbocycles. The van der Waals surface area contributed by atoms with E-state index in [-0.39, 0.29) is 46.7 Å². The molecule has 0 radical (unpaired) electrons. The first kappa shape index (κ1) is 22.5. The van der Waals surface area contributed by atoms with Gasteiger partial charge in [0.05, 0.1) is 5.54 Å². The molecule has 0 fully saturated rings. The minimum absolute atomic E-state index is 0.0242. The third kappa shape index (κ3) is 4.75. The quantitative estimate of drug-likeness (QED) is 0.210. The molecule has 16 nitrogen and oxygen atoms in total. The first-order chi connectivity index (χ1) is 15.1. The van der Waals surface area contributed by atoms with Crippen molar-refractivity contribution in [1.82, 2.24) is 48.8 Å². The van der Waals surface area contributed by atoms with Crippen molar-refractivity contribution in [2.24, 2.45) is 24.8 Å². The molecule has 0 unspecified atom stereocenters. The van der Waals surface area contributed by atoms with Gasteiger partial charge in [0.25, 0.3) is 11.8 Å². The van der Waals surface area contributed by atoms with Crippen molar-refractivity contribution < 1.29 is 9.47 Å². The summed E-state index contributed by atoms with van der Waals surface area (Å²) < 4.78 is 14.9. The Morgan fingerprint density at radius 2 is 1.47 bits per heavy atom. The van der Waals surface area contributed by atoms with E-state index in [9.17, 15) is 9.59 Å². The number of aryl methyl sites for hydroxylation is 2. The Kier molecular flexibility index (Phi) is 6.24. The van der Waals surface area contributed by atoms with E-state index >= 15 is 0 Å². The smallest absolute Gasteiger partial charge is 0.352 e. The minimum Gasteiger partial charge on any atom is -0.459 e. The Balaban J connectivity index is 0.000000186. The summed E-state index contributed by atoms with van der Waals surface area (Å²) in [7, 11) is 3.01. The molecule has 0 saturated carbocycles. The zero-order valence-corrected chi connectivity index (χ0v) is 18.1. The van der Waals surface area contributed by atoms with E-state index in [1.807, 2.05) is 20.8 Å². The van der Waals surface area contributed by atoms with E-state index in [2.05, 4.69) is 35.6 Å². The highest BCUT2D eigenvalue weighted by molar-refractivity contribution is 5.58. The maximum absolute atomic E-state index is 11.7. The Morgan fingerprint density at radius 1 is 0.969 bits per heavy atom. The van der Waals surface area contributed by atoms with Crippen LogP contribution in [0.4, 0.5) is 0 Å². The van der Waals surface area contributed by atoms with Crippen LogP contribution in [0.25, 0.3) is 11.3 Å². The molecule has 0 bridgehead atoms. The number of aromatic nitrogens is 10. The first-order valence-corrected chi connectivity index (χ1v) is 9.19. The Bertz CT molecular complexity index is 1370. The molecule has 0 saturated heterocycles. The van der Waals surface area contributed by atoms with Crippen LogP contribution in [0.5, 0.6) is 11.8 Å². The molecule has 4 heterocycles. The molecule has 0 aliphatic rings. The predicted molar refractivity (Wildman–Crippen MR) is 111 cm³/mol. The lowest BCUT2D eigenvalue weighted by atomic mass is 10.1. The van der Waals surface area contributed by atoms with E-state index in [4.69, 9.17) is 15.2 Å². The fourth-order valence-electron chi connectivity index (χ4n) is 2.22. The number of hydrogen-bond acceptors (Lipinski definition) is 12. The third-order valence-corrected chi connectivity index (χ3v) is 3.76. The van der Waals surface area contributed by atoms with Crippen molar-refractivity contribution in [3.8, 4) is 11.8 Å². The van der Waals surface area contributed by atoms with Crippen molar-refractivity contribution >= 4 is 17.7 Å². The molecule has 4 aromatic heterocycles. The normalized spacial score (nSPS) is 11.7. The van der Waals surface area contributed by atoms with E-state index in [0.29, 0.717) is 0 Å². The van der Waals surface area contributed by atoms with Gasteiger partial charge in [-0.2, -0.15) is 19.3 Å². The summed E-state index contributed by atoms with van der Waals surface area (Å²) in [5.41, 5.74) is 4.79. The molecule has 32 heavy (non-hydrogen) atoms. The molecule has 4 aromatic rings. The van der Waals surface area contributed by atoms with Gasteiger partial charge in [-0.05, 0) is 20.8 Å². The van der Waals surface area contributed by atoms with Gasteiger partial charge >= 0.3 is 11.4 Å². The SMILES string of the molecule is Cn1nnc2c(OC=NC(C)(C)C)ncn2c1=O.Cn1nnc2c(OCN)ncn2c1=O. The van der Waals surface area contributed by atoms with Crippen LogP contribution in [-0.4, -0.2) is 67.4 Å². The second-order valence-corrected chi connectivity index (χ2v) is 7.31. The summed E-state index contributed by atoms with van der Waals surface area (Å²) >= 11 is 0. The second kappa shape index (κ2) is 8.88. The number of ether oxygens (including phenoxy) is 2. The molecular formula is C16H22N12O4. The summed E-state index contributed by atoms with van der Waals surface area (Å²) in [6.45, 7) is 5.79. The highest BCUT2D eigenvalue weighted by Gasteiger charge is 2.12. The molecular weight excluding hydrogens is 424 g/mol. The lowest BCUT2D eigenvalue weighted by molar-refractivity contribution is 0.321. The highest BCUT2D eigenvalue weighted by atomic mass is 16.5. The summed E-state index contributed by atoms with van der Waals surface area (Å²) in [6, 6.07) is 0. The summed E-state index contributed by atoms with van der Waals surface area (Å²) in [4.78, 5) is 35.0. The highest BCUT2D eigenvalue weighted by Crippen LogP contribution is 2.12. The standard InChI is InChI=1S/C10H14N6O2.C6H8N6O2/c1-10(2,3)12-6-18-8-7-13-14-15(4)9(17)16(7)5-11-8;1-11-6(13)12-3-8-5(14-2-7)4(12)9-10-11/h5-6H,1-4H3;3H,2,7H2,1H3. The van der Waals surface area contributed by atoms with Crippen LogP contribution in [0, 0.1) is 0 Å². The maximum Gasteiger partial charge on any atom is 0.352 e. The van der Waals surface area contributed by atoms with Gasteiger partial charge in [0.2, 0.25) is 11.3 Å². The van der Waals surface area contributed by atoms with Gasteiger partial charge in [0.15, 0.2) is 6.40 Å². The van der Waals surface area contributed by atoms with Crippen molar-refractivity contribution in [1.29, 1.82) is 0 Å². The van der Waals surface area contributed by atoms with Crippen LogP contribution in [0.2, 0.25) is 0 Å². The van der Waals surface area contributed by atoms with Crippen molar-refractivity contribution in [2.75, 3.05) is 6.73 Å². The lowest BCUT2D eigenvalue weighted by Gasteiger charge is -2.09. The summed E-state index contributed by atoms with van der Waals surface area (Å²) in [6.07, 6.45) is 3.95. The predicted octanol–water partition coefficient (Wildman–Crippen LogP) is -1.85. The third-order valence-electron chi connectivity index (χ3n) is 3.76. The average Bonchev–Trinajstić information content (AvgIpc) is 3.33. The topological polar surface area (TPSA) is 187 Å². The summed E-state index contributed by atoms with van der Waals surface area (Å²) in [5, 5.41) is 14.9. The Labute approximate surface area is 179 Å². The second-order valence-electron chi connectivity index (χ2n) is 7.31. The zero-order chi connectivity index (χ0) is 23.5. The van der Waals surface area contributed by atoms with Gasteiger partial charge in [0, 0.05) is 14.1 Å². The van der Waals surface area contributed by atoms with Gasteiger partial charge < -0.3 is 9.47 Å². The molecule has 4 rings (SSSR count). The Morgan fingerprint density at radius 3 is 1.97 bits per heavy atom. The van der Waals surface area contributed by atoms with Crippen LogP contribution in [0.15, 0.2) is 27.2 Å². The van der Waals surface area contributed by atoms with E-state index in [1.54, 1.807) is 0 Å². The minimum atomic E-state index is -0.339. The molecule has 0 aliphatic carbocycles. The van der Waals surface area contributed by atoms with Gasteiger partial charge in [-0.3, -0.25) is 10.7 Å². The fraction of sp³-hybridized carbons (Fsp3) is 0.438. The number of fused-ring (bicyclic) bond motifs is 2. The number of hydrogen-bond donors (Lipinski definition) is 1. The van der Waals surface area contributed by atoms with Gasteiger partial charge in [0.1, 0.15) is 19.4 Å². The van der Waals surface area contributed by atoms with Gasteiger partial charge in [-0.15, -0.1) is 10.2 Å². The molecule has 2 N–H and O–H groups in total. The number of nitrogens with zero attached hydrogens (tertiary/aromatic N) is 11. The summed E-state index contributed by atoms with van der Waals surface area (Å²) in [5.74, 6) is 0.408. The molecule has 0 atom stereocenters. The van der Waals surface area contributed by atoms with Crippen LogP contribution in [0.1, 0.15) is 20.8 Å². The van der Waals surface area contributed by atoms with Crippen molar-refractivity contribution in [3.63, 3.8) is 0 Å². The van der Waals surface area contributed by atoms with E-state index < -0.39 is 0 Å². The van der Waals surface area contributed by atoms with Gasteiger partial charge in [-0.1, -0.05) is 10.4 Å². The molecule has 0 spiro atoms. The molecule has 16 heteroatoms.